The van der Waals surface area contributed by atoms with Crippen LogP contribution in [-0.2, 0) is 21.3 Å². The number of nitrogens with one attached hydrogen (secondary N) is 1. The monoisotopic (exact) mass is 473 g/mol. The molecule has 1 aromatic heterocycles. The van der Waals surface area contributed by atoms with Crippen LogP contribution in [0.5, 0.6) is 0 Å². The molecule has 0 spiro atoms. The summed E-state index contributed by atoms with van der Waals surface area (Å²) in [6, 6.07) is 15.1. The van der Waals surface area contributed by atoms with Crippen LogP contribution < -0.4 is 5.32 Å². The number of benzene rings is 2. The molecule has 1 heterocycles. The molecule has 0 saturated carbocycles. The molecule has 32 heavy (non-hydrogen) atoms. The highest BCUT2D eigenvalue weighted by Gasteiger charge is 2.24. The van der Waals surface area contributed by atoms with Gasteiger partial charge in [0.15, 0.2) is 5.13 Å². The van der Waals surface area contributed by atoms with Gasteiger partial charge in [0.05, 0.1) is 17.7 Å². The lowest BCUT2D eigenvalue weighted by Gasteiger charge is -2.20. The number of aryl methyl sites for hydroxylation is 1. The van der Waals surface area contributed by atoms with Gasteiger partial charge in [0.1, 0.15) is 4.88 Å². The van der Waals surface area contributed by atoms with Crippen molar-refractivity contribution in [3.05, 3.63) is 76.3 Å². The van der Waals surface area contributed by atoms with E-state index < -0.39 is 21.9 Å². The molecule has 0 radical (unpaired) electrons. The number of nitrogens with zero attached hydrogens (tertiary/aromatic N) is 2. The Labute approximate surface area is 190 Å². The van der Waals surface area contributed by atoms with Gasteiger partial charge in [-0.2, -0.15) is 4.31 Å². The Balaban J connectivity index is 1.74. The van der Waals surface area contributed by atoms with Gasteiger partial charge in [-0.3, -0.25) is 10.1 Å². The predicted molar refractivity (Wildman–Crippen MR) is 122 cm³/mol. The van der Waals surface area contributed by atoms with E-state index in [9.17, 15) is 18.0 Å². The fourth-order valence-electron chi connectivity index (χ4n) is 2.98. The van der Waals surface area contributed by atoms with Gasteiger partial charge in [0, 0.05) is 18.7 Å². The number of esters is 1. The average molecular weight is 474 g/mol. The van der Waals surface area contributed by atoms with Crippen LogP contribution in [0.25, 0.3) is 0 Å². The molecule has 0 unspecified atom stereocenters. The summed E-state index contributed by atoms with van der Waals surface area (Å²) in [6.07, 6.45) is 0. The summed E-state index contributed by atoms with van der Waals surface area (Å²) in [5.74, 6) is -0.984. The Kier molecular flexibility index (Phi) is 7.39. The van der Waals surface area contributed by atoms with E-state index >= 15 is 0 Å². The van der Waals surface area contributed by atoms with Crippen molar-refractivity contribution in [1.82, 2.24) is 9.29 Å². The number of thiazole rings is 1. The number of sulfonamides is 1. The fraction of sp³-hybridized carbons (Fsp3) is 0.227. The summed E-state index contributed by atoms with van der Waals surface area (Å²) in [5, 5.41) is 2.88. The minimum Gasteiger partial charge on any atom is -0.465 e. The summed E-state index contributed by atoms with van der Waals surface area (Å²) in [6.45, 7) is 3.99. The molecule has 0 bridgehead atoms. The zero-order valence-corrected chi connectivity index (χ0v) is 19.5. The van der Waals surface area contributed by atoms with Gasteiger partial charge in [-0.15, -0.1) is 0 Å². The molecule has 0 aliphatic heterocycles. The molecule has 10 heteroatoms. The van der Waals surface area contributed by atoms with Crippen molar-refractivity contribution in [2.24, 2.45) is 0 Å². The van der Waals surface area contributed by atoms with E-state index in [4.69, 9.17) is 0 Å². The van der Waals surface area contributed by atoms with Gasteiger partial charge in [0.2, 0.25) is 10.0 Å². The van der Waals surface area contributed by atoms with Crippen LogP contribution in [-0.4, -0.2) is 43.2 Å². The van der Waals surface area contributed by atoms with Crippen LogP contribution in [0.4, 0.5) is 5.13 Å². The van der Waals surface area contributed by atoms with Gasteiger partial charge in [-0.25, -0.2) is 18.2 Å². The maximum Gasteiger partial charge on any atom is 0.350 e. The van der Waals surface area contributed by atoms with Crippen molar-refractivity contribution < 1.29 is 22.7 Å². The first-order chi connectivity index (χ1) is 15.3. The van der Waals surface area contributed by atoms with Crippen molar-refractivity contribution in [2.75, 3.05) is 19.0 Å². The van der Waals surface area contributed by atoms with Gasteiger partial charge >= 0.3 is 5.97 Å². The van der Waals surface area contributed by atoms with Crippen molar-refractivity contribution in [2.45, 2.75) is 25.3 Å². The molecule has 2 aromatic carbocycles. The Morgan fingerprint density at radius 1 is 1.09 bits per heavy atom. The number of carbonyl (C=O) groups excluding carboxylic acids is 2. The first-order valence-electron chi connectivity index (χ1n) is 9.77. The van der Waals surface area contributed by atoms with Crippen LogP contribution >= 0.6 is 11.3 Å². The number of ether oxygens (including phenoxy) is 1. The van der Waals surface area contributed by atoms with E-state index in [0.29, 0.717) is 17.1 Å². The first kappa shape index (κ1) is 23.6. The van der Waals surface area contributed by atoms with Crippen molar-refractivity contribution in [3.63, 3.8) is 0 Å². The van der Waals surface area contributed by atoms with E-state index in [1.165, 1.54) is 35.7 Å². The largest absolute Gasteiger partial charge is 0.465 e. The average Bonchev–Trinajstić information content (AvgIpc) is 3.17. The highest BCUT2D eigenvalue weighted by Crippen LogP contribution is 2.24. The summed E-state index contributed by atoms with van der Waals surface area (Å²) >= 11 is 1.01. The second-order valence-corrected chi connectivity index (χ2v) is 9.76. The second-order valence-electron chi connectivity index (χ2n) is 6.82. The zero-order chi connectivity index (χ0) is 23.3. The summed E-state index contributed by atoms with van der Waals surface area (Å²) < 4.78 is 32.2. The highest BCUT2D eigenvalue weighted by atomic mass is 32.2. The lowest BCUT2D eigenvalue weighted by molar-refractivity contribution is 0.0605. The molecule has 0 saturated heterocycles. The number of methoxy groups -OCH3 is 1. The third kappa shape index (κ3) is 5.21. The molecule has 0 atom stereocenters. The Bertz CT molecular complexity index is 1210. The predicted octanol–water partition coefficient (Wildman–Crippen LogP) is 3.70. The van der Waals surface area contributed by atoms with Gasteiger partial charge in [0.25, 0.3) is 5.91 Å². The summed E-state index contributed by atoms with van der Waals surface area (Å²) in [7, 11) is -2.45. The Morgan fingerprint density at radius 3 is 2.34 bits per heavy atom. The number of hydrogen-bond acceptors (Lipinski definition) is 7. The van der Waals surface area contributed by atoms with Crippen LogP contribution in [0, 0.1) is 6.92 Å². The smallest absolute Gasteiger partial charge is 0.350 e. The van der Waals surface area contributed by atoms with Crippen LogP contribution in [0.1, 0.15) is 38.2 Å². The molecule has 8 nitrogen and oxygen atoms in total. The molecule has 1 N–H and O–H groups in total. The van der Waals surface area contributed by atoms with Gasteiger partial charge in [-0.1, -0.05) is 48.6 Å². The highest BCUT2D eigenvalue weighted by molar-refractivity contribution is 7.89. The lowest BCUT2D eigenvalue weighted by atomic mass is 10.2. The molecule has 0 fully saturated rings. The number of anilines is 1. The molecule has 3 rings (SSSR count). The number of rotatable bonds is 8. The van der Waals surface area contributed by atoms with E-state index in [0.717, 1.165) is 16.9 Å². The van der Waals surface area contributed by atoms with E-state index in [1.807, 2.05) is 30.3 Å². The molecule has 0 aliphatic rings. The normalized spacial score (nSPS) is 11.4. The third-order valence-corrected chi connectivity index (χ3v) is 7.68. The Hall–Kier alpha value is -3.08. The maximum absolute atomic E-state index is 13.0. The number of hydrogen-bond donors (Lipinski definition) is 1. The summed E-state index contributed by atoms with van der Waals surface area (Å²) in [4.78, 5) is 28.8. The number of amides is 1. The summed E-state index contributed by atoms with van der Waals surface area (Å²) in [5.41, 5.74) is 1.61. The minimum atomic E-state index is -3.73. The van der Waals surface area contributed by atoms with Crippen LogP contribution in [0.15, 0.2) is 59.5 Å². The van der Waals surface area contributed by atoms with Crippen molar-refractivity contribution in [3.8, 4) is 0 Å². The topological polar surface area (TPSA) is 106 Å². The molecular weight excluding hydrogens is 450 g/mol. The first-order valence-corrected chi connectivity index (χ1v) is 12.0. The molecule has 0 aliphatic carbocycles. The second kappa shape index (κ2) is 10.0. The van der Waals surface area contributed by atoms with Crippen LogP contribution in [0.3, 0.4) is 0 Å². The van der Waals surface area contributed by atoms with Gasteiger partial charge < -0.3 is 4.74 Å². The maximum atomic E-state index is 13.0. The zero-order valence-electron chi connectivity index (χ0n) is 17.9. The lowest BCUT2D eigenvalue weighted by Crippen LogP contribution is -2.30. The van der Waals surface area contributed by atoms with Crippen LogP contribution in [0.2, 0.25) is 0 Å². The van der Waals surface area contributed by atoms with E-state index in [2.05, 4.69) is 15.0 Å². The number of aromatic nitrogens is 1. The van der Waals surface area contributed by atoms with Crippen molar-refractivity contribution >= 4 is 38.4 Å². The van der Waals surface area contributed by atoms with Crippen molar-refractivity contribution in [1.29, 1.82) is 0 Å². The molecule has 3 aromatic rings. The van der Waals surface area contributed by atoms with E-state index in [1.54, 1.807) is 13.8 Å². The third-order valence-electron chi connectivity index (χ3n) is 4.70. The fourth-order valence-corrected chi connectivity index (χ4v) is 5.30. The molecular formula is C22H23N3O5S2. The quantitative estimate of drug-likeness (QED) is 0.500. The van der Waals surface area contributed by atoms with Gasteiger partial charge in [-0.05, 0) is 36.8 Å². The minimum absolute atomic E-state index is 0.102. The standard InChI is InChI=1S/C22H23N3O5S2/c1-4-25(14-16-8-6-5-7-9-16)32(28,29)18-12-10-17(11-13-18)20(26)24-22-23-15(2)19(31-22)21(27)30-3/h5-13H,4,14H2,1-3H3,(H,23,24,26). The van der Waals surface area contributed by atoms with E-state index in [-0.39, 0.29) is 22.1 Å². The Morgan fingerprint density at radius 2 is 1.75 bits per heavy atom. The molecule has 168 valence electrons. The number of carbonyl (C=O) groups is 2. The molecule has 1 amide bonds. The SMILES string of the molecule is CCN(Cc1ccccc1)S(=O)(=O)c1ccc(C(=O)Nc2nc(C)c(C(=O)OC)s2)cc1.